The highest BCUT2D eigenvalue weighted by Gasteiger charge is 1.97. The third-order valence-corrected chi connectivity index (χ3v) is 2.15. The first kappa shape index (κ1) is 7.56. The molecule has 0 bridgehead atoms. The van der Waals surface area contributed by atoms with Gasteiger partial charge >= 0.3 is 0 Å². The third-order valence-electron chi connectivity index (χ3n) is 1.82. The lowest BCUT2D eigenvalue weighted by molar-refractivity contribution is 1.26. The number of benzene rings is 1. The Bertz CT molecular complexity index is 423. The lowest BCUT2D eigenvalue weighted by Crippen LogP contribution is -1.82. The van der Waals surface area contributed by atoms with Crippen LogP contribution in [0.15, 0.2) is 30.3 Å². The molecule has 0 aliphatic rings. The van der Waals surface area contributed by atoms with Gasteiger partial charge in [-0.1, -0.05) is 17.7 Å². The van der Waals surface area contributed by atoms with Gasteiger partial charge in [0.15, 0.2) is 0 Å². The Morgan fingerprint density at radius 1 is 1.17 bits per heavy atom. The van der Waals surface area contributed by atoms with Crippen LogP contribution in [0.25, 0.3) is 10.9 Å². The van der Waals surface area contributed by atoms with E-state index in [4.69, 9.17) is 11.6 Å². The Balaban J connectivity index is 2.86. The molecule has 12 heavy (non-hydrogen) atoms. The SMILES string of the molecule is Cc1ccc2c(Cl)cccc2n1. The molecule has 2 rings (SSSR count). The predicted molar refractivity (Wildman–Crippen MR) is 51.5 cm³/mol. The molecule has 0 N–H and O–H groups in total. The number of nitrogens with zero attached hydrogens (tertiary/aromatic N) is 1. The van der Waals surface area contributed by atoms with E-state index in [1.165, 1.54) is 0 Å². The molecule has 0 fully saturated rings. The van der Waals surface area contributed by atoms with Crippen LogP contribution in [-0.4, -0.2) is 4.98 Å². The minimum absolute atomic E-state index is 0.764. The topological polar surface area (TPSA) is 12.9 Å². The summed E-state index contributed by atoms with van der Waals surface area (Å²) in [6.45, 7) is 1.97. The van der Waals surface area contributed by atoms with Gasteiger partial charge in [0.25, 0.3) is 0 Å². The van der Waals surface area contributed by atoms with Gasteiger partial charge in [-0.2, -0.15) is 0 Å². The van der Waals surface area contributed by atoms with Gasteiger partial charge in [0.1, 0.15) is 0 Å². The quantitative estimate of drug-likeness (QED) is 0.602. The van der Waals surface area contributed by atoms with Crippen molar-refractivity contribution in [2.75, 3.05) is 0 Å². The zero-order valence-electron chi connectivity index (χ0n) is 6.71. The second-order valence-electron chi connectivity index (χ2n) is 2.76. The monoisotopic (exact) mass is 177 g/mol. The number of halogens is 1. The second kappa shape index (κ2) is 2.76. The first-order valence-electron chi connectivity index (χ1n) is 3.79. The molecule has 2 heteroatoms. The van der Waals surface area contributed by atoms with Gasteiger partial charge in [-0.15, -0.1) is 0 Å². The zero-order valence-corrected chi connectivity index (χ0v) is 7.47. The summed E-state index contributed by atoms with van der Waals surface area (Å²) in [5, 5.41) is 1.78. The third kappa shape index (κ3) is 1.16. The van der Waals surface area contributed by atoms with Crippen LogP contribution in [0, 0.1) is 6.92 Å². The fourth-order valence-electron chi connectivity index (χ4n) is 1.22. The van der Waals surface area contributed by atoms with E-state index in [0.717, 1.165) is 21.6 Å². The Morgan fingerprint density at radius 2 is 2.00 bits per heavy atom. The molecule has 0 aliphatic carbocycles. The van der Waals surface area contributed by atoms with Gasteiger partial charge < -0.3 is 0 Å². The fraction of sp³-hybridized carbons (Fsp3) is 0.100. The van der Waals surface area contributed by atoms with Crippen LogP contribution < -0.4 is 0 Å². The fourth-order valence-corrected chi connectivity index (χ4v) is 1.45. The van der Waals surface area contributed by atoms with E-state index in [1.807, 2.05) is 37.3 Å². The molecule has 60 valence electrons. The highest BCUT2D eigenvalue weighted by Crippen LogP contribution is 2.21. The van der Waals surface area contributed by atoms with Crippen LogP contribution >= 0.6 is 11.6 Å². The summed E-state index contributed by atoms with van der Waals surface area (Å²) in [4.78, 5) is 4.35. The lowest BCUT2D eigenvalue weighted by atomic mass is 10.2. The maximum Gasteiger partial charge on any atom is 0.0720 e. The van der Waals surface area contributed by atoms with Crippen molar-refractivity contribution < 1.29 is 0 Å². The second-order valence-corrected chi connectivity index (χ2v) is 3.17. The smallest absolute Gasteiger partial charge is 0.0720 e. The lowest BCUT2D eigenvalue weighted by Gasteiger charge is -1.99. The Labute approximate surface area is 76.0 Å². The highest BCUT2D eigenvalue weighted by atomic mass is 35.5. The first-order chi connectivity index (χ1) is 5.77. The molecule has 0 spiro atoms. The van der Waals surface area contributed by atoms with E-state index in [1.54, 1.807) is 0 Å². The van der Waals surface area contributed by atoms with Crippen LogP contribution in [0.4, 0.5) is 0 Å². The van der Waals surface area contributed by atoms with Crippen LogP contribution in [0.2, 0.25) is 5.02 Å². The molecule has 1 nitrogen and oxygen atoms in total. The van der Waals surface area contributed by atoms with Gasteiger partial charge in [0, 0.05) is 16.1 Å². The molecule has 0 radical (unpaired) electrons. The van der Waals surface area contributed by atoms with Crippen molar-refractivity contribution >= 4 is 22.5 Å². The largest absolute Gasteiger partial charge is 0.253 e. The molecule has 0 saturated heterocycles. The van der Waals surface area contributed by atoms with E-state index in [-0.39, 0.29) is 0 Å². The van der Waals surface area contributed by atoms with Crippen LogP contribution in [0.1, 0.15) is 5.69 Å². The maximum absolute atomic E-state index is 5.97. The van der Waals surface area contributed by atoms with E-state index >= 15 is 0 Å². The van der Waals surface area contributed by atoms with Gasteiger partial charge in [-0.05, 0) is 31.2 Å². The molecule has 1 heterocycles. The van der Waals surface area contributed by atoms with Gasteiger partial charge in [-0.3, -0.25) is 4.98 Å². The summed E-state index contributed by atoms with van der Waals surface area (Å²) < 4.78 is 0. The molecule has 0 saturated carbocycles. The van der Waals surface area contributed by atoms with Crippen molar-refractivity contribution in [2.24, 2.45) is 0 Å². The van der Waals surface area contributed by atoms with E-state index in [0.29, 0.717) is 0 Å². The molecule has 0 atom stereocenters. The number of pyridine rings is 1. The van der Waals surface area contributed by atoms with E-state index < -0.39 is 0 Å². The minimum Gasteiger partial charge on any atom is -0.253 e. The van der Waals surface area contributed by atoms with Crippen LogP contribution in [0.5, 0.6) is 0 Å². The first-order valence-corrected chi connectivity index (χ1v) is 4.17. The average Bonchev–Trinajstić information content (AvgIpc) is 2.04. The highest BCUT2D eigenvalue weighted by molar-refractivity contribution is 6.35. The number of aryl methyl sites for hydroxylation is 1. The van der Waals surface area contributed by atoms with Crippen molar-refractivity contribution in [3.05, 3.63) is 41.0 Å². The minimum atomic E-state index is 0.764. The molecule has 0 unspecified atom stereocenters. The summed E-state index contributed by atoms with van der Waals surface area (Å²) in [6.07, 6.45) is 0. The van der Waals surface area contributed by atoms with Crippen molar-refractivity contribution in [3.63, 3.8) is 0 Å². The standard InChI is InChI=1S/C10H8ClN/c1-7-5-6-8-9(11)3-2-4-10(8)12-7/h2-6H,1H3. The number of rotatable bonds is 0. The Kier molecular flexibility index (Phi) is 1.74. The predicted octanol–water partition coefficient (Wildman–Crippen LogP) is 3.20. The molecular weight excluding hydrogens is 170 g/mol. The average molecular weight is 178 g/mol. The van der Waals surface area contributed by atoms with Crippen LogP contribution in [-0.2, 0) is 0 Å². The summed E-state index contributed by atoms with van der Waals surface area (Å²) in [6, 6.07) is 9.72. The molecule has 1 aromatic carbocycles. The van der Waals surface area contributed by atoms with Gasteiger partial charge in [0.05, 0.1) is 5.52 Å². The number of hydrogen-bond donors (Lipinski definition) is 0. The van der Waals surface area contributed by atoms with Crippen molar-refractivity contribution in [2.45, 2.75) is 6.92 Å². The molecular formula is C10H8ClN. The van der Waals surface area contributed by atoms with Gasteiger partial charge in [0.2, 0.25) is 0 Å². The number of hydrogen-bond acceptors (Lipinski definition) is 1. The van der Waals surface area contributed by atoms with Gasteiger partial charge in [-0.25, -0.2) is 0 Å². The maximum atomic E-state index is 5.97. The summed E-state index contributed by atoms with van der Waals surface area (Å²) in [5.74, 6) is 0. The molecule has 1 aromatic heterocycles. The van der Waals surface area contributed by atoms with E-state index in [9.17, 15) is 0 Å². The number of aromatic nitrogens is 1. The molecule has 2 aromatic rings. The van der Waals surface area contributed by atoms with Crippen molar-refractivity contribution in [3.8, 4) is 0 Å². The van der Waals surface area contributed by atoms with Crippen molar-refractivity contribution in [1.29, 1.82) is 0 Å². The van der Waals surface area contributed by atoms with Crippen LogP contribution in [0.3, 0.4) is 0 Å². The van der Waals surface area contributed by atoms with E-state index in [2.05, 4.69) is 4.98 Å². The molecule has 0 aliphatic heterocycles. The Hall–Kier alpha value is -1.08. The summed E-state index contributed by atoms with van der Waals surface area (Å²) in [7, 11) is 0. The summed E-state index contributed by atoms with van der Waals surface area (Å²) in [5.41, 5.74) is 1.98. The Morgan fingerprint density at radius 3 is 2.83 bits per heavy atom. The zero-order chi connectivity index (χ0) is 8.55. The van der Waals surface area contributed by atoms with Crippen molar-refractivity contribution in [1.82, 2.24) is 4.98 Å². The number of fused-ring (bicyclic) bond motifs is 1. The normalized spacial score (nSPS) is 10.5. The summed E-state index contributed by atoms with van der Waals surface area (Å²) >= 11 is 5.97. The molecule has 0 amide bonds.